The highest BCUT2D eigenvalue weighted by molar-refractivity contribution is 6.31. The molecule has 0 unspecified atom stereocenters. The van der Waals surface area contributed by atoms with Gasteiger partial charge in [-0.15, -0.1) is 10.2 Å². The predicted molar refractivity (Wildman–Crippen MR) is 144 cm³/mol. The van der Waals surface area contributed by atoms with Gasteiger partial charge in [0.1, 0.15) is 46.6 Å². The number of fused-ring (bicyclic) bond motifs is 3. The Morgan fingerprint density at radius 1 is 1.10 bits per heavy atom. The quantitative estimate of drug-likeness (QED) is 0.168. The van der Waals surface area contributed by atoms with Crippen molar-refractivity contribution in [1.82, 2.24) is 14.8 Å². The minimum Gasteiger partial charge on any atom is -0.507 e. The smallest absolute Gasteiger partial charge is 0.194 e. The van der Waals surface area contributed by atoms with E-state index in [9.17, 15) is 29.7 Å². The van der Waals surface area contributed by atoms with Crippen molar-refractivity contribution in [3.8, 4) is 22.9 Å². The maximum absolute atomic E-state index is 14.1. The van der Waals surface area contributed by atoms with Crippen LogP contribution in [0.25, 0.3) is 5.69 Å². The van der Waals surface area contributed by atoms with Gasteiger partial charge >= 0.3 is 0 Å². The number of nitrogens with one attached hydrogen (secondary N) is 2. The number of aliphatic hydroxyl groups excluding tert-OH is 1. The van der Waals surface area contributed by atoms with E-state index in [-0.39, 0.29) is 52.6 Å². The van der Waals surface area contributed by atoms with Crippen LogP contribution in [0.15, 0.2) is 54.0 Å². The number of benzene rings is 2. The second kappa shape index (κ2) is 9.65. The lowest BCUT2D eigenvalue weighted by molar-refractivity contribution is -0.123. The van der Waals surface area contributed by atoms with E-state index in [2.05, 4.69) is 20.8 Å². The molecule has 2 aliphatic rings. The molecular weight excluding hydrogens is 518 g/mol. The Morgan fingerprint density at radius 2 is 1.80 bits per heavy atom. The number of anilines is 2. The monoisotopic (exact) mass is 545 g/mol. The average Bonchev–Trinajstić information content (AvgIpc) is 3.54. The van der Waals surface area contributed by atoms with Gasteiger partial charge in [0.15, 0.2) is 17.3 Å². The standard InChI is InChI=1S/C28H27N5O7/c1-13-24(37)22(15(3)35)26-23(25(13)38)28(4)20(40-26)10-19(36)21(27(28)39)14(2)32-18-9-16(33-11-30-31-12-33)5-6-17(18)29-7-8-34/h5-6,9-12,29,32,34,37-38H,7-8H2,1-4H3/b21-14+/t28-/m0/s1. The molecule has 5 N–H and O–H groups in total. The molecule has 12 heteroatoms. The third-order valence-corrected chi connectivity index (χ3v) is 7.23. The Morgan fingerprint density at radius 3 is 2.45 bits per heavy atom. The lowest BCUT2D eigenvalue weighted by atomic mass is 9.70. The van der Waals surface area contributed by atoms with Gasteiger partial charge in [-0.05, 0) is 45.9 Å². The second-order valence-corrected chi connectivity index (χ2v) is 9.76. The molecule has 0 amide bonds. The zero-order valence-corrected chi connectivity index (χ0v) is 22.2. The number of carbonyl (C=O) groups excluding carboxylic acids is 3. The van der Waals surface area contributed by atoms with Gasteiger partial charge in [-0.3, -0.25) is 19.0 Å². The fourth-order valence-corrected chi connectivity index (χ4v) is 5.10. The number of hydrogen-bond donors (Lipinski definition) is 5. The molecule has 1 aliphatic carbocycles. The van der Waals surface area contributed by atoms with Gasteiger partial charge in [0.25, 0.3) is 0 Å². The van der Waals surface area contributed by atoms with E-state index in [0.29, 0.717) is 17.1 Å². The van der Waals surface area contributed by atoms with E-state index >= 15 is 0 Å². The molecule has 1 aliphatic heterocycles. The zero-order valence-electron chi connectivity index (χ0n) is 22.2. The number of ether oxygens (including phenoxy) is 1. The van der Waals surface area contributed by atoms with E-state index in [1.807, 2.05) is 6.07 Å². The van der Waals surface area contributed by atoms with E-state index in [1.54, 1.807) is 23.6 Å². The number of carbonyl (C=O) groups is 3. The number of rotatable bonds is 7. The Hall–Kier alpha value is -4.97. The van der Waals surface area contributed by atoms with Crippen LogP contribution in [0, 0.1) is 6.92 Å². The summed E-state index contributed by atoms with van der Waals surface area (Å²) >= 11 is 0. The number of Topliss-reactive ketones (excluding diaryl/α,β-unsaturated/α-hetero) is 2. The van der Waals surface area contributed by atoms with E-state index < -0.39 is 34.3 Å². The molecule has 0 spiro atoms. The summed E-state index contributed by atoms with van der Waals surface area (Å²) in [6, 6.07) is 5.34. The molecule has 1 atom stereocenters. The molecule has 1 aromatic heterocycles. The van der Waals surface area contributed by atoms with Crippen molar-refractivity contribution in [2.24, 2.45) is 0 Å². The third kappa shape index (κ3) is 3.92. The van der Waals surface area contributed by atoms with Crippen molar-refractivity contribution in [2.75, 3.05) is 23.8 Å². The average molecular weight is 546 g/mol. The summed E-state index contributed by atoms with van der Waals surface area (Å²) in [5.74, 6) is -2.83. The highest BCUT2D eigenvalue weighted by atomic mass is 16.5. The van der Waals surface area contributed by atoms with Crippen LogP contribution in [0.4, 0.5) is 11.4 Å². The van der Waals surface area contributed by atoms with Gasteiger partial charge < -0.3 is 30.7 Å². The zero-order chi connectivity index (χ0) is 28.9. The van der Waals surface area contributed by atoms with Crippen molar-refractivity contribution in [1.29, 1.82) is 0 Å². The summed E-state index contributed by atoms with van der Waals surface area (Å²) in [7, 11) is 0. The number of aromatic hydroxyl groups is 2. The SMILES string of the molecule is CC(=O)c1c(O)c(C)c(O)c2c1OC1=CC(=O)/C(=C(/C)Nc3cc(-n4cnnc4)ccc3NCCO)C(=O)[C@@]12C. The summed E-state index contributed by atoms with van der Waals surface area (Å²) in [6.45, 7) is 5.89. The summed E-state index contributed by atoms with van der Waals surface area (Å²) in [5.41, 5.74) is 0.112. The Kier molecular flexibility index (Phi) is 6.42. The number of phenolic OH excluding ortho intramolecular Hbond substituents is 2. The normalized spacial score (nSPS) is 19.0. The highest BCUT2D eigenvalue weighted by Gasteiger charge is 2.56. The Balaban J connectivity index is 1.63. The third-order valence-electron chi connectivity index (χ3n) is 7.23. The molecule has 0 saturated carbocycles. The molecule has 40 heavy (non-hydrogen) atoms. The second-order valence-electron chi connectivity index (χ2n) is 9.76. The van der Waals surface area contributed by atoms with E-state index in [0.717, 1.165) is 6.08 Å². The topological polar surface area (TPSA) is 176 Å². The van der Waals surface area contributed by atoms with Gasteiger partial charge in [-0.25, -0.2) is 0 Å². The largest absolute Gasteiger partial charge is 0.507 e. The Bertz CT molecular complexity index is 1660. The first-order valence-electron chi connectivity index (χ1n) is 12.4. The molecule has 12 nitrogen and oxygen atoms in total. The molecule has 5 rings (SSSR count). The molecule has 2 aromatic carbocycles. The summed E-state index contributed by atoms with van der Waals surface area (Å²) < 4.78 is 7.49. The molecule has 2 heterocycles. The molecule has 0 saturated heterocycles. The van der Waals surface area contributed by atoms with E-state index in [4.69, 9.17) is 4.74 Å². The minimum absolute atomic E-state index is 0.0157. The van der Waals surface area contributed by atoms with Gasteiger partial charge in [0, 0.05) is 23.9 Å². The molecule has 206 valence electrons. The van der Waals surface area contributed by atoms with Crippen LogP contribution in [0.2, 0.25) is 0 Å². The van der Waals surface area contributed by atoms with Crippen LogP contribution >= 0.6 is 0 Å². The van der Waals surface area contributed by atoms with Gasteiger partial charge in [-0.2, -0.15) is 0 Å². The van der Waals surface area contributed by atoms with Crippen molar-refractivity contribution < 1.29 is 34.4 Å². The van der Waals surface area contributed by atoms with Crippen LogP contribution in [0.3, 0.4) is 0 Å². The highest BCUT2D eigenvalue weighted by Crippen LogP contribution is 2.57. The van der Waals surface area contributed by atoms with Crippen LogP contribution in [0.5, 0.6) is 17.2 Å². The van der Waals surface area contributed by atoms with E-state index in [1.165, 1.54) is 33.4 Å². The number of allylic oxidation sites excluding steroid dienone is 4. The Labute approximate surface area is 228 Å². The molecule has 0 bridgehead atoms. The number of ketones is 3. The van der Waals surface area contributed by atoms with Crippen LogP contribution in [0.1, 0.15) is 42.3 Å². The fourth-order valence-electron chi connectivity index (χ4n) is 5.10. The fraction of sp³-hybridized carbons (Fsp3) is 0.250. The summed E-state index contributed by atoms with van der Waals surface area (Å²) in [6.07, 6.45) is 4.20. The van der Waals surface area contributed by atoms with Crippen molar-refractivity contribution in [3.05, 3.63) is 70.6 Å². The lowest BCUT2D eigenvalue weighted by Crippen LogP contribution is -2.40. The van der Waals surface area contributed by atoms with Gasteiger partial charge in [-0.1, -0.05) is 0 Å². The molecule has 0 fully saturated rings. The van der Waals surface area contributed by atoms with Crippen molar-refractivity contribution in [3.63, 3.8) is 0 Å². The van der Waals surface area contributed by atoms with Crippen molar-refractivity contribution >= 4 is 28.7 Å². The summed E-state index contributed by atoms with van der Waals surface area (Å²) in [5, 5.41) is 44.7. The number of hydrogen-bond acceptors (Lipinski definition) is 11. The van der Waals surface area contributed by atoms with Crippen LogP contribution in [-0.4, -0.2) is 60.6 Å². The number of nitrogens with zero attached hydrogens (tertiary/aromatic N) is 3. The van der Waals surface area contributed by atoms with Crippen LogP contribution < -0.4 is 15.4 Å². The first-order chi connectivity index (χ1) is 19.0. The first kappa shape index (κ1) is 26.6. The predicted octanol–water partition coefficient (Wildman–Crippen LogP) is 2.67. The lowest BCUT2D eigenvalue weighted by Gasteiger charge is -2.29. The van der Waals surface area contributed by atoms with Crippen LogP contribution in [-0.2, 0) is 15.0 Å². The summed E-state index contributed by atoms with van der Waals surface area (Å²) in [4.78, 5) is 39.8. The number of aliphatic hydroxyl groups is 1. The number of aromatic nitrogens is 3. The van der Waals surface area contributed by atoms with Crippen molar-refractivity contribution in [2.45, 2.75) is 33.1 Å². The van der Waals surface area contributed by atoms with Gasteiger partial charge in [0.05, 0.1) is 34.8 Å². The molecule has 3 aromatic rings. The number of phenols is 2. The minimum atomic E-state index is -1.63. The molecule has 0 radical (unpaired) electrons. The van der Waals surface area contributed by atoms with Gasteiger partial charge in [0.2, 0.25) is 0 Å². The maximum Gasteiger partial charge on any atom is 0.194 e. The maximum atomic E-state index is 14.1. The molecular formula is C28H27N5O7. The first-order valence-corrected chi connectivity index (χ1v) is 12.4.